The van der Waals surface area contributed by atoms with E-state index in [1.54, 1.807) is 18.2 Å². The molecule has 0 saturated carbocycles. The van der Waals surface area contributed by atoms with Gasteiger partial charge in [-0.25, -0.2) is 0 Å². The molecule has 1 N–H and O–H groups in total. The maximum Gasteiger partial charge on any atom is 0.124 e. The van der Waals surface area contributed by atoms with Gasteiger partial charge in [0, 0.05) is 44.3 Å². The van der Waals surface area contributed by atoms with Crippen molar-refractivity contribution < 1.29 is 4.74 Å². The summed E-state index contributed by atoms with van der Waals surface area (Å²) in [5, 5.41) is 5.95. The van der Waals surface area contributed by atoms with Gasteiger partial charge in [-0.3, -0.25) is 0 Å². The second kappa shape index (κ2) is 9.68. The molecule has 3 aromatic rings. The zero-order chi connectivity index (χ0) is 19.2. The Morgan fingerprint density at radius 1 is 0.667 bits per heavy atom. The average molecular weight is 441 g/mol. The van der Waals surface area contributed by atoms with Crippen LogP contribution in [0.25, 0.3) is 0 Å². The first-order chi connectivity index (χ1) is 13.0. The fourth-order valence-electron chi connectivity index (χ4n) is 2.59. The smallest absolute Gasteiger partial charge is 0.124 e. The van der Waals surface area contributed by atoms with Crippen LogP contribution in [-0.4, -0.2) is 0 Å². The van der Waals surface area contributed by atoms with Crippen molar-refractivity contribution in [2.45, 2.75) is 19.7 Å². The molecule has 0 saturated heterocycles. The number of hydrogen-bond donors (Lipinski definition) is 1. The van der Waals surface area contributed by atoms with E-state index in [0.717, 1.165) is 27.5 Å². The van der Waals surface area contributed by atoms with Crippen LogP contribution in [0.3, 0.4) is 0 Å². The number of hydrogen-bond acceptors (Lipinski definition) is 2. The Balaban J connectivity index is 1.66. The maximum absolute atomic E-state index is 6.22. The summed E-state index contributed by atoms with van der Waals surface area (Å²) in [5.74, 6) is 0.747. The zero-order valence-corrected chi connectivity index (χ0v) is 17.3. The Kier molecular flexibility index (Phi) is 7.28. The van der Waals surface area contributed by atoms with E-state index in [4.69, 9.17) is 51.1 Å². The van der Waals surface area contributed by atoms with Crippen LogP contribution >= 0.6 is 46.4 Å². The SMILES string of the molecule is Clc1ccc(COc2ccc(Cl)cc2CNCc2ccccc2Cl)c(Cl)c1. The van der Waals surface area contributed by atoms with E-state index < -0.39 is 0 Å². The molecule has 0 amide bonds. The number of rotatable bonds is 7. The van der Waals surface area contributed by atoms with Crippen LogP contribution in [0.5, 0.6) is 5.75 Å². The molecule has 0 unspecified atom stereocenters. The Labute approximate surface area is 179 Å². The standard InChI is InChI=1S/C21H17Cl4NO/c22-17-7-8-21(27-13-15-5-6-18(23)10-20(15)25)16(9-17)12-26-11-14-3-1-2-4-19(14)24/h1-10,26H,11-13H2. The predicted octanol–water partition coefficient (Wildman–Crippen LogP) is 7.17. The molecule has 27 heavy (non-hydrogen) atoms. The molecule has 0 aliphatic rings. The molecule has 0 aromatic heterocycles. The first-order valence-electron chi connectivity index (χ1n) is 8.32. The molecule has 0 bridgehead atoms. The van der Waals surface area contributed by atoms with E-state index in [1.807, 2.05) is 42.5 Å². The van der Waals surface area contributed by atoms with Gasteiger partial charge in [-0.05, 0) is 42.0 Å². The van der Waals surface area contributed by atoms with Crippen molar-refractivity contribution in [1.82, 2.24) is 5.32 Å². The van der Waals surface area contributed by atoms with Gasteiger partial charge in [0.1, 0.15) is 12.4 Å². The molecular formula is C21H17Cl4NO. The maximum atomic E-state index is 6.22. The van der Waals surface area contributed by atoms with E-state index in [9.17, 15) is 0 Å². The third kappa shape index (κ3) is 5.78. The van der Waals surface area contributed by atoms with Gasteiger partial charge < -0.3 is 10.1 Å². The minimum Gasteiger partial charge on any atom is -0.489 e. The van der Waals surface area contributed by atoms with Gasteiger partial charge in [0.2, 0.25) is 0 Å². The summed E-state index contributed by atoms with van der Waals surface area (Å²) in [5.41, 5.74) is 2.86. The highest BCUT2D eigenvalue weighted by molar-refractivity contribution is 6.35. The largest absolute Gasteiger partial charge is 0.489 e. The van der Waals surface area contributed by atoms with Crippen LogP contribution in [0.1, 0.15) is 16.7 Å². The minimum atomic E-state index is 0.342. The molecule has 2 nitrogen and oxygen atoms in total. The van der Waals surface area contributed by atoms with E-state index >= 15 is 0 Å². The third-order valence-corrected chi connectivity index (χ3v) is 5.20. The summed E-state index contributed by atoms with van der Waals surface area (Å²) in [6.07, 6.45) is 0. The Morgan fingerprint density at radius 3 is 2.15 bits per heavy atom. The lowest BCUT2D eigenvalue weighted by Gasteiger charge is -2.14. The van der Waals surface area contributed by atoms with Crippen LogP contribution in [0, 0.1) is 0 Å². The molecule has 0 radical (unpaired) electrons. The molecule has 3 rings (SSSR count). The van der Waals surface area contributed by atoms with Crippen LogP contribution in [-0.2, 0) is 19.7 Å². The Morgan fingerprint density at radius 2 is 1.37 bits per heavy atom. The van der Waals surface area contributed by atoms with E-state index in [-0.39, 0.29) is 0 Å². The van der Waals surface area contributed by atoms with Gasteiger partial charge in [-0.1, -0.05) is 70.7 Å². The second-order valence-electron chi connectivity index (χ2n) is 5.97. The molecule has 0 atom stereocenters. The highest BCUT2D eigenvalue weighted by Gasteiger charge is 2.08. The minimum absolute atomic E-state index is 0.342. The van der Waals surface area contributed by atoms with Gasteiger partial charge in [0.25, 0.3) is 0 Å². The van der Waals surface area contributed by atoms with Crippen LogP contribution in [0.15, 0.2) is 60.7 Å². The molecule has 3 aromatic carbocycles. The number of benzene rings is 3. The van der Waals surface area contributed by atoms with Crippen molar-refractivity contribution in [3.63, 3.8) is 0 Å². The lowest BCUT2D eigenvalue weighted by Crippen LogP contribution is -2.14. The van der Waals surface area contributed by atoms with Crippen molar-refractivity contribution >= 4 is 46.4 Å². The van der Waals surface area contributed by atoms with E-state index in [0.29, 0.717) is 34.8 Å². The first kappa shape index (κ1) is 20.3. The van der Waals surface area contributed by atoms with Crippen LogP contribution < -0.4 is 10.1 Å². The zero-order valence-electron chi connectivity index (χ0n) is 14.3. The lowest BCUT2D eigenvalue weighted by molar-refractivity contribution is 0.302. The van der Waals surface area contributed by atoms with Gasteiger partial charge >= 0.3 is 0 Å². The summed E-state index contributed by atoms with van der Waals surface area (Å²) in [6, 6.07) is 18.7. The molecular weight excluding hydrogens is 424 g/mol. The Hall–Kier alpha value is -1.42. The predicted molar refractivity (Wildman–Crippen MR) is 114 cm³/mol. The van der Waals surface area contributed by atoms with Crippen molar-refractivity contribution in [2.75, 3.05) is 0 Å². The number of ether oxygens (including phenoxy) is 1. The quantitative estimate of drug-likeness (QED) is 0.420. The summed E-state index contributed by atoms with van der Waals surface area (Å²) < 4.78 is 5.97. The topological polar surface area (TPSA) is 21.3 Å². The van der Waals surface area contributed by atoms with E-state index in [2.05, 4.69) is 5.32 Å². The molecule has 6 heteroatoms. The molecule has 0 fully saturated rings. The summed E-state index contributed by atoms with van der Waals surface area (Å²) >= 11 is 24.5. The van der Waals surface area contributed by atoms with Crippen LogP contribution in [0.4, 0.5) is 0 Å². The summed E-state index contributed by atoms with van der Waals surface area (Å²) in [7, 11) is 0. The third-order valence-electron chi connectivity index (χ3n) is 4.01. The summed E-state index contributed by atoms with van der Waals surface area (Å²) in [4.78, 5) is 0. The van der Waals surface area contributed by atoms with Crippen LogP contribution in [0.2, 0.25) is 20.1 Å². The van der Waals surface area contributed by atoms with Crippen molar-refractivity contribution in [3.8, 4) is 5.75 Å². The molecule has 140 valence electrons. The Bertz CT molecular complexity index is 930. The van der Waals surface area contributed by atoms with Gasteiger partial charge in [0.05, 0.1) is 0 Å². The summed E-state index contributed by atoms with van der Waals surface area (Å²) in [6.45, 7) is 1.58. The second-order valence-corrected chi connectivity index (χ2v) is 7.66. The fraction of sp³-hybridized carbons (Fsp3) is 0.143. The van der Waals surface area contributed by atoms with Crippen molar-refractivity contribution in [3.05, 3.63) is 97.4 Å². The lowest BCUT2D eigenvalue weighted by atomic mass is 10.1. The van der Waals surface area contributed by atoms with E-state index in [1.165, 1.54) is 0 Å². The molecule has 0 spiro atoms. The molecule has 0 heterocycles. The van der Waals surface area contributed by atoms with Gasteiger partial charge in [0.15, 0.2) is 0 Å². The normalized spacial score (nSPS) is 10.8. The van der Waals surface area contributed by atoms with Gasteiger partial charge in [-0.2, -0.15) is 0 Å². The number of halogens is 4. The highest BCUT2D eigenvalue weighted by Crippen LogP contribution is 2.26. The number of nitrogens with one attached hydrogen (secondary N) is 1. The van der Waals surface area contributed by atoms with Crippen molar-refractivity contribution in [1.29, 1.82) is 0 Å². The molecule has 0 aliphatic carbocycles. The monoisotopic (exact) mass is 439 g/mol. The van der Waals surface area contributed by atoms with Gasteiger partial charge in [-0.15, -0.1) is 0 Å². The van der Waals surface area contributed by atoms with Crippen molar-refractivity contribution in [2.24, 2.45) is 0 Å². The first-order valence-corrected chi connectivity index (χ1v) is 9.83. The average Bonchev–Trinajstić information content (AvgIpc) is 2.64. The fourth-order valence-corrected chi connectivity index (χ4v) is 3.46. The molecule has 0 aliphatic heterocycles. The highest BCUT2D eigenvalue weighted by atomic mass is 35.5.